The molecule has 0 aromatic heterocycles. The average Bonchev–Trinajstić information content (AvgIpc) is 2.96. The molecular weight excluding hydrogens is 482 g/mol. The first kappa shape index (κ1) is 30.4. The van der Waals surface area contributed by atoms with Crippen LogP contribution in [0, 0.1) is 13.8 Å². The van der Waals surface area contributed by atoms with Crippen molar-refractivity contribution in [3.8, 4) is 11.5 Å². The van der Waals surface area contributed by atoms with E-state index >= 15 is 0 Å². The number of benzene rings is 3. The summed E-state index contributed by atoms with van der Waals surface area (Å²) in [5.74, 6) is -0.299. The molecule has 1 heterocycles. The summed E-state index contributed by atoms with van der Waals surface area (Å²) < 4.78 is 32.6. The molecule has 3 aromatic carbocycles. The molecule has 5 nitrogen and oxygen atoms in total. The largest absolute Gasteiger partial charge is 1.00 e. The van der Waals surface area contributed by atoms with Crippen LogP contribution in [0.2, 0.25) is 0 Å². The van der Waals surface area contributed by atoms with Gasteiger partial charge in [0, 0.05) is 5.56 Å². The number of rotatable bonds is 4. The number of hydrogen-bond donors (Lipinski definition) is 0. The Labute approximate surface area is 252 Å². The predicted octanol–water partition coefficient (Wildman–Crippen LogP) is -1.28. The molecule has 0 fully saturated rings. The van der Waals surface area contributed by atoms with Crippen molar-refractivity contribution in [3.63, 3.8) is 0 Å². The maximum absolute atomic E-state index is 13.3. The molecule has 174 valence electrons. The predicted molar refractivity (Wildman–Crippen MR) is 124 cm³/mol. The number of aryl methyl sites for hydroxylation is 2. The summed E-state index contributed by atoms with van der Waals surface area (Å²) in [5, 5.41) is 25.4. The van der Waals surface area contributed by atoms with Gasteiger partial charge in [-0.15, -0.1) is 11.5 Å². The summed E-state index contributed by atoms with van der Waals surface area (Å²) in [5.41, 5.74) is 2.61. The van der Waals surface area contributed by atoms with Crippen molar-refractivity contribution in [1.29, 1.82) is 0 Å². The number of hydrogen-bond acceptors (Lipinski definition) is 5. The normalized spacial score (nSPS) is 15.4. The van der Waals surface area contributed by atoms with Crippen molar-refractivity contribution in [1.82, 2.24) is 0 Å². The van der Waals surface area contributed by atoms with Gasteiger partial charge in [-0.25, -0.2) is 4.18 Å². The van der Waals surface area contributed by atoms with Crippen molar-refractivity contribution >= 4 is 10.1 Å². The van der Waals surface area contributed by atoms with Gasteiger partial charge in [0.05, 0.1) is 0 Å². The van der Waals surface area contributed by atoms with E-state index < -0.39 is 15.7 Å². The Kier molecular flexibility index (Phi) is 9.45. The van der Waals surface area contributed by atoms with E-state index in [-0.39, 0.29) is 87.3 Å². The van der Waals surface area contributed by atoms with Crippen LogP contribution in [0.1, 0.15) is 78.5 Å². The van der Waals surface area contributed by atoms with Crippen molar-refractivity contribution in [2.24, 2.45) is 0 Å². The zero-order valence-electron chi connectivity index (χ0n) is 21.7. The molecule has 4 rings (SSSR count). The first-order valence-corrected chi connectivity index (χ1v) is 12.5. The third-order valence-corrected chi connectivity index (χ3v) is 7.85. The summed E-state index contributed by atoms with van der Waals surface area (Å²) in [6.07, 6.45) is 0. The van der Waals surface area contributed by atoms with Crippen LogP contribution in [0.4, 0.5) is 0 Å². The van der Waals surface area contributed by atoms with Crippen molar-refractivity contribution < 1.29 is 81.9 Å². The molecule has 0 spiro atoms. The molecule has 0 N–H and O–H groups in total. The molecule has 1 aliphatic rings. The van der Waals surface area contributed by atoms with Gasteiger partial charge in [0.1, 0.15) is 4.90 Å². The second kappa shape index (κ2) is 10.9. The van der Waals surface area contributed by atoms with Gasteiger partial charge in [-0.3, -0.25) is 0 Å². The molecule has 0 radical (unpaired) electrons. The Morgan fingerprint density at radius 3 is 1.60 bits per heavy atom. The SMILES string of the molecule is Cc1cc([O-])c(C(C)C)cc1C1(c2cc(C(C)C)c([O-])cc2C)OS(=O)(=O)c2ccccc21.[Na+].[Na+]. The van der Waals surface area contributed by atoms with Gasteiger partial charge in [-0.05, 0) is 54.0 Å². The van der Waals surface area contributed by atoms with Crippen LogP contribution in [0.3, 0.4) is 0 Å². The van der Waals surface area contributed by atoms with Crippen molar-refractivity contribution in [2.75, 3.05) is 0 Å². The molecule has 0 saturated heterocycles. The quantitative estimate of drug-likeness (QED) is 0.322. The first-order valence-electron chi connectivity index (χ1n) is 11.1. The van der Waals surface area contributed by atoms with Gasteiger partial charge in [-0.2, -0.15) is 8.42 Å². The van der Waals surface area contributed by atoms with E-state index in [0.717, 1.165) is 0 Å². The smallest absolute Gasteiger partial charge is 0.872 e. The van der Waals surface area contributed by atoms with E-state index in [4.69, 9.17) is 4.18 Å². The van der Waals surface area contributed by atoms with Gasteiger partial charge < -0.3 is 10.2 Å². The van der Waals surface area contributed by atoms with E-state index in [1.165, 1.54) is 6.07 Å². The Hall–Kier alpha value is -0.830. The van der Waals surface area contributed by atoms with E-state index in [1.54, 1.807) is 56.3 Å². The molecular formula is C27H28Na2O5S. The molecule has 0 atom stereocenters. The third-order valence-electron chi connectivity index (χ3n) is 6.49. The zero-order valence-corrected chi connectivity index (χ0v) is 26.5. The van der Waals surface area contributed by atoms with Crippen LogP contribution in [0.15, 0.2) is 53.4 Å². The van der Waals surface area contributed by atoms with Crippen LogP contribution >= 0.6 is 0 Å². The van der Waals surface area contributed by atoms with Gasteiger partial charge in [0.15, 0.2) is 5.60 Å². The van der Waals surface area contributed by atoms with E-state index in [9.17, 15) is 18.6 Å². The molecule has 1 aliphatic heterocycles. The topological polar surface area (TPSA) is 89.5 Å². The van der Waals surface area contributed by atoms with Gasteiger partial charge in [0.25, 0.3) is 10.1 Å². The standard InChI is InChI=1S/C27H30O5S.2Na/c1-15(2)19-13-22(17(5)11-24(19)28)27(21-9-7-8-10-26(21)33(30,31)32-27)23-14-20(16(3)4)25(29)12-18(23)6;;/h7-16,28-29H,1-6H3;;/q;2*+1/p-2. The molecule has 35 heavy (non-hydrogen) atoms. The minimum absolute atomic E-state index is 0. The fraction of sp³-hybridized carbons (Fsp3) is 0.333. The van der Waals surface area contributed by atoms with E-state index in [0.29, 0.717) is 38.9 Å². The molecule has 0 bridgehead atoms. The third kappa shape index (κ3) is 5.01. The Bertz CT molecular complexity index is 1300. The summed E-state index contributed by atoms with van der Waals surface area (Å²) in [7, 11) is -4.09. The van der Waals surface area contributed by atoms with Gasteiger partial charge in [-0.1, -0.05) is 81.3 Å². The minimum atomic E-state index is -4.09. The zero-order chi connectivity index (χ0) is 24.3. The van der Waals surface area contributed by atoms with Gasteiger partial charge in [0.2, 0.25) is 0 Å². The monoisotopic (exact) mass is 510 g/mol. The van der Waals surface area contributed by atoms with E-state index in [1.807, 2.05) is 27.7 Å². The fourth-order valence-corrected chi connectivity index (χ4v) is 6.23. The van der Waals surface area contributed by atoms with Crippen LogP contribution < -0.4 is 69.3 Å². The first-order chi connectivity index (χ1) is 15.4. The Balaban J connectivity index is 0.00000216. The van der Waals surface area contributed by atoms with Gasteiger partial charge >= 0.3 is 59.1 Å². The van der Waals surface area contributed by atoms with Crippen LogP contribution in [-0.2, 0) is 19.9 Å². The Morgan fingerprint density at radius 1 is 0.743 bits per heavy atom. The average molecular weight is 511 g/mol. The second-order valence-electron chi connectivity index (χ2n) is 9.43. The summed E-state index contributed by atoms with van der Waals surface area (Å²) in [6.45, 7) is 11.3. The Morgan fingerprint density at radius 2 is 1.17 bits per heavy atom. The molecule has 8 heteroatoms. The van der Waals surface area contributed by atoms with E-state index in [2.05, 4.69) is 0 Å². The maximum Gasteiger partial charge on any atom is 1.00 e. The summed E-state index contributed by atoms with van der Waals surface area (Å²) >= 11 is 0. The minimum Gasteiger partial charge on any atom is -0.872 e. The van der Waals surface area contributed by atoms with Crippen molar-refractivity contribution in [2.45, 2.75) is 63.9 Å². The number of fused-ring (bicyclic) bond motifs is 1. The van der Waals surface area contributed by atoms with Crippen LogP contribution in [0.5, 0.6) is 11.5 Å². The molecule has 3 aromatic rings. The molecule has 0 amide bonds. The fourth-order valence-electron chi connectivity index (χ4n) is 4.81. The maximum atomic E-state index is 13.3. The molecule has 0 aliphatic carbocycles. The van der Waals surface area contributed by atoms with Crippen LogP contribution in [0.25, 0.3) is 0 Å². The molecule has 0 saturated carbocycles. The second-order valence-corrected chi connectivity index (χ2v) is 10.9. The van der Waals surface area contributed by atoms with Crippen molar-refractivity contribution in [3.05, 3.63) is 87.5 Å². The summed E-state index contributed by atoms with van der Waals surface area (Å²) in [6, 6.07) is 13.4. The van der Waals surface area contributed by atoms with Crippen LogP contribution in [-0.4, -0.2) is 8.42 Å². The summed E-state index contributed by atoms with van der Waals surface area (Å²) in [4.78, 5) is 0.0957. The molecule has 0 unspecified atom stereocenters.